The van der Waals surface area contributed by atoms with Crippen molar-refractivity contribution in [1.29, 1.82) is 0 Å². The standard InChI is InChI=1S/C16H22N2O2/c19-16(20)17-13-9-14-7-4-8-15(10-13)18(14)11-12-5-2-1-3-6-12/h1-3,5-6,13-15,17H,4,7-11H2,(H,19,20)/t13?,14-,15+. The molecule has 4 heteroatoms. The summed E-state index contributed by atoms with van der Waals surface area (Å²) in [6, 6.07) is 11.8. The van der Waals surface area contributed by atoms with Gasteiger partial charge < -0.3 is 10.4 Å². The molecule has 108 valence electrons. The summed E-state index contributed by atoms with van der Waals surface area (Å²) in [6.45, 7) is 0.996. The molecule has 0 saturated carbocycles. The predicted molar refractivity (Wildman–Crippen MR) is 77.6 cm³/mol. The highest BCUT2D eigenvalue weighted by Gasteiger charge is 2.38. The number of carboxylic acid groups (broad SMARTS) is 1. The zero-order chi connectivity index (χ0) is 13.9. The highest BCUT2D eigenvalue weighted by molar-refractivity contribution is 5.64. The number of benzene rings is 1. The molecule has 0 spiro atoms. The second-order valence-electron chi connectivity index (χ2n) is 6.01. The monoisotopic (exact) mass is 274 g/mol. The van der Waals surface area contributed by atoms with Crippen LogP contribution >= 0.6 is 0 Å². The van der Waals surface area contributed by atoms with Gasteiger partial charge in [-0.25, -0.2) is 4.79 Å². The van der Waals surface area contributed by atoms with E-state index in [9.17, 15) is 4.79 Å². The van der Waals surface area contributed by atoms with Crippen molar-refractivity contribution in [3.63, 3.8) is 0 Å². The van der Waals surface area contributed by atoms with Gasteiger partial charge in [0.1, 0.15) is 0 Å². The van der Waals surface area contributed by atoms with Crippen molar-refractivity contribution in [3.05, 3.63) is 35.9 Å². The fraction of sp³-hybridized carbons (Fsp3) is 0.562. The van der Waals surface area contributed by atoms with E-state index in [1.54, 1.807) is 0 Å². The molecule has 0 aliphatic carbocycles. The van der Waals surface area contributed by atoms with Crippen LogP contribution in [0.15, 0.2) is 30.3 Å². The average molecular weight is 274 g/mol. The highest BCUT2D eigenvalue weighted by atomic mass is 16.4. The van der Waals surface area contributed by atoms with Crippen LogP contribution in [0.25, 0.3) is 0 Å². The number of nitrogens with one attached hydrogen (secondary N) is 1. The van der Waals surface area contributed by atoms with E-state index >= 15 is 0 Å². The van der Waals surface area contributed by atoms with Crippen molar-refractivity contribution in [2.45, 2.75) is 56.8 Å². The van der Waals surface area contributed by atoms with Gasteiger partial charge in [0, 0.05) is 24.7 Å². The summed E-state index contributed by atoms with van der Waals surface area (Å²) in [6.07, 6.45) is 4.69. The third kappa shape index (κ3) is 2.96. The molecule has 0 radical (unpaired) electrons. The Morgan fingerprint density at radius 1 is 1.20 bits per heavy atom. The number of hydrogen-bond acceptors (Lipinski definition) is 2. The SMILES string of the molecule is O=C(O)NC1C[C@H]2CCC[C@@H](C1)N2Cc1ccccc1. The fourth-order valence-electron chi connectivity index (χ4n) is 3.82. The molecule has 2 aliphatic heterocycles. The minimum atomic E-state index is -0.885. The van der Waals surface area contributed by atoms with Crippen LogP contribution in [0.5, 0.6) is 0 Å². The molecule has 2 fully saturated rings. The first-order valence-electron chi connectivity index (χ1n) is 7.51. The zero-order valence-corrected chi connectivity index (χ0v) is 11.7. The number of piperidine rings is 2. The molecule has 2 saturated heterocycles. The van der Waals surface area contributed by atoms with Gasteiger partial charge in [-0.1, -0.05) is 36.8 Å². The first-order valence-corrected chi connectivity index (χ1v) is 7.51. The van der Waals surface area contributed by atoms with Gasteiger partial charge in [0.15, 0.2) is 0 Å². The van der Waals surface area contributed by atoms with Crippen LogP contribution in [0.4, 0.5) is 4.79 Å². The number of amides is 1. The maximum atomic E-state index is 10.8. The molecule has 2 heterocycles. The van der Waals surface area contributed by atoms with Gasteiger partial charge in [-0.3, -0.25) is 4.90 Å². The van der Waals surface area contributed by atoms with E-state index in [1.807, 2.05) is 6.07 Å². The predicted octanol–water partition coefficient (Wildman–Crippen LogP) is 2.84. The summed E-state index contributed by atoms with van der Waals surface area (Å²) < 4.78 is 0. The summed E-state index contributed by atoms with van der Waals surface area (Å²) in [4.78, 5) is 13.4. The smallest absolute Gasteiger partial charge is 0.404 e. The second-order valence-corrected chi connectivity index (χ2v) is 6.01. The number of carbonyl (C=O) groups is 1. The molecule has 2 bridgehead atoms. The summed E-state index contributed by atoms with van der Waals surface area (Å²) in [5, 5.41) is 11.6. The molecule has 1 unspecified atom stereocenters. The Morgan fingerprint density at radius 2 is 1.85 bits per heavy atom. The van der Waals surface area contributed by atoms with Gasteiger partial charge in [0.25, 0.3) is 0 Å². The molecular formula is C16H22N2O2. The van der Waals surface area contributed by atoms with Crippen molar-refractivity contribution < 1.29 is 9.90 Å². The topological polar surface area (TPSA) is 52.6 Å². The Labute approximate surface area is 119 Å². The Bertz CT molecular complexity index is 449. The third-order valence-electron chi connectivity index (χ3n) is 4.66. The van der Waals surface area contributed by atoms with Gasteiger partial charge in [0.2, 0.25) is 0 Å². The molecular weight excluding hydrogens is 252 g/mol. The van der Waals surface area contributed by atoms with Crippen LogP contribution in [0.2, 0.25) is 0 Å². The first kappa shape index (κ1) is 13.4. The van der Waals surface area contributed by atoms with Crippen molar-refractivity contribution in [3.8, 4) is 0 Å². The Balaban J connectivity index is 1.69. The van der Waals surface area contributed by atoms with Gasteiger partial charge in [-0.2, -0.15) is 0 Å². The van der Waals surface area contributed by atoms with E-state index < -0.39 is 6.09 Å². The molecule has 1 amide bonds. The van der Waals surface area contributed by atoms with E-state index in [4.69, 9.17) is 5.11 Å². The molecule has 3 rings (SSSR count). The lowest BCUT2D eigenvalue weighted by molar-refractivity contribution is 0.0183. The maximum Gasteiger partial charge on any atom is 0.404 e. The van der Waals surface area contributed by atoms with Gasteiger partial charge >= 0.3 is 6.09 Å². The number of nitrogens with zero attached hydrogens (tertiary/aromatic N) is 1. The van der Waals surface area contributed by atoms with Crippen molar-refractivity contribution >= 4 is 6.09 Å². The molecule has 1 aromatic rings. The minimum absolute atomic E-state index is 0.134. The molecule has 1 aromatic carbocycles. The maximum absolute atomic E-state index is 10.8. The van der Waals surface area contributed by atoms with Crippen LogP contribution in [0.3, 0.4) is 0 Å². The Hall–Kier alpha value is -1.55. The third-order valence-corrected chi connectivity index (χ3v) is 4.66. The average Bonchev–Trinajstić information content (AvgIpc) is 2.40. The molecule has 4 nitrogen and oxygen atoms in total. The normalized spacial score (nSPS) is 29.9. The second kappa shape index (κ2) is 5.83. The quantitative estimate of drug-likeness (QED) is 0.891. The number of rotatable bonds is 3. The van der Waals surface area contributed by atoms with E-state index in [0.29, 0.717) is 12.1 Å². The molecule has 2 N–H and O–H groups in total. The van der Waals surface area contributed by atoms with E-state index in [1.165, 1.54) is 24.8 Å². The summed E-state index contributed by atoms with van der Waals surface area (Å²) in [5.74, 6) is 0. The highest BCUT2D eigenvalue weighted by Crippen LogP contribution is 2.35. The van der Waals surface area contributed by atoms with E-state index in [-0.39, 0.29) is 6.04 Å². The van der Waals surface area contributed by atoms with Crippen LogP contribution in [-0.4, -0.2) is 34.2 Å². The minimum Gasteiger partial charge on any atom is -0.465 e. The Kier molecular flexibility index (Phi) is 3.92. The summed E-state index contributed by atoms with van der Waals surface area (Å²) in [5.41, 5.74) is 1.36. The molecule has 2 aliphatic rings. The van der Waals surface area contributed by atoms with Crippen LogP contribution in [0.1, 0.15) is 37.7 Å². The number of hydrogen-bond donors (Lipinski definition) is 2. The van der Waals surface area contributed by atoms with E-state index in [0.717, 1.165) is 19.4 Å². The van der Waals surface area contributed by atoms with Crippen molar-refractivity contribution in [2.24, 2.45) is 0 Å². The number of fused-ring (bicyclic) bond motifs is 2. The summed E-state index contributed by atoms with van der Waals surface area (Å²) >= 11 is 0. The lowest BCUT2D eigenvalue weighted by atomic mass is 9.81. The molecule has 3 atom stereocenters. The van der Waals surface area contributed by atoms with E-state index in [2.05, 4.69) is 34.5 Å². The largest absolute Gasteiger partial charge is 0.465 e. The molecule has 20 heavy (non-hydrogen) atoms. The van der Waals surface area contributed by atoms with Crippen molar-refractivity contribution in [2.75, 3.05) is 0 Å². The van der Waals surface area contributed by atoms with Crippen LogP contribution < -0.4 is 5.32 Å². The van der Waals surface area contributed by atoms with Gasteiger partial charge in [0.05, 0.1) is 0 Å². The molecule has 0 aromatic heterocycles. The lowest BCUT2D eigenvalue weighted by Crippen LogP contribution is -2.56. The van der Waals surface area contributed by atoms with Gasteiger partial charge in [-0.05, 0) is 31.2 Å². The fourth-order valence-corrected chi connectivity index (χ4v) is 3.82. The zero-order valence-electron chi connectivity index (χ0n) is 11.7. The summed E-state index contributed by atoms with van der Waals surface area (Å²) in [7, 11) is 0. The van der Waals surface area contributed by atoms with Crippen LogP contribution in [-0.2, 0) is 6.54 Å². The van der Waals surface area contributed by atoms with Gasteiger partial charge in [-0.15, -0.1) is 0 Å². The first-order chi connectivity index (χ1) is 9.72. The van der Waals surface area contributed by atoms with Crippen LogP contribution in [0, 0.1) is 0 Å². The lowest BCUT2D eigenvalue weighted by Gasteiger charge is -2.49. The van der Waals surface area contributed by atoms with Crippen molar-refractivity contribution in [1.82, 2.24) is 10.2 Å². The Morgan fingerprint density at radius 3 is 2.45 bits per heavy atom.